The molecule has 6 heteroatoms. The van der Waals surface area contributed by atoms with E-state index in [1.54, 1.807) is 0 Å². The number of carbonyl (C=O) groups is 3. The third-order valence-electron chi connectivity index (χ3n) is 12.7. The van der Waals surface area contributed by atoms with Gasteiger partial charge in [0.1, 0.15) is 13.2 Å². The van der Waals surface area contributed by atoms with Gasteiger partial charge < -0.3 is 14.2 Å². The third kappa shape index (κ3) is 49.4. The second-order valence-electron chi connectivity index (χ2n) is 20.2. The molecule has 0 unspecified atom stereocenters. The van der Waals surface area contributed by atoms with Crippen LogP contribution in [0.4, 0.5) is 0 Å². The number of carbonyl (C=O) groups excluding carboxylic acids is 3. The SMILES string of the molecule is CCCCCCCCCCCCCCCCCCC(=O)O[C@H](COC(=O)CCCCCCCCCCCCCCCCC(C)C)COC(=O)CCCCCCCCCCC(C)C. The topological polar surface area (TPSA) is 78.9 Å². The lowest BCUT2D eigenvalue weighted by Gasteiger charge is -2.18. The Bertz CT molecular complexity index is 947. The van der Waals surface area contributed by atoms with Crippen LogP contribution in [-0.2, 0) is 28.6 Å². The van der Waals surface area contributed by atoms with Gasteiger partial charge in [-0.2, -0.15) is 0 Å². The lowest BCUT2D eigenvalue weighted by Crippen LogP contribution is -2.30. The monoisotopic (exact) mass is 877 g/mol. The van der Waals surface area contributed by atoms with Gasteiger partial charge in [0.2, 0.25) is 0 Å². The van der Waals surface area contributed by atoms with Crippen LogP contribution >= 0.6 is 0 Å². The van der Waals surface area contributed by atoms with Crippen molar-refractivity contribution in [3.63, 3.8) is 0 Å². The summed E-state index contributed by atoms with van der Waals surface area (Å²) in [6, 6.07) is 0. The average molecular weight is 877 g/mol. The van der Waals surface area contributed by atoms with E-state index < -0.39 is 6.10 Å². The molecule has 0 fully saturated rings. The van der Waals surface area contributed by atoms with Gasteiger partial charge in [-0.15, -0.1) is 0 Å². The van der Waals surface area contributed by atoms with Crippen molar-refractivity contribution >= 4 is 17.9 Å². The van der Waals surface area contributed by atoms with E-state index in [0.29, 0.717) is 19.3 Å². The molecule has 368 valence electrons. The summed E-state index contributed by atoms with van der Waals surface area (Å²) < 4.78 is 16.8. The Labute approximate surface area is 387 Å². The molecule has 0 amide bonds. The zero-order chi connectivity index (χ0) is 45.4. The van der Waals surface area contributed by atoms with Crippen LogP contribution in [0.5, 0.6) is 0 Å². The maximum Gasteiger partial charge on any atom is 0.306 e. The van der Waals surface area contributed by atoms with Crippen molar-refractivity contribution in [2.45, 2.75) is 317 Å². The molecule has 0 N–H and O–H groups in total. The molecular formula is C56H108O6. The van der Waals surface area contributed by atoms with Gasteiger partial charge in [-0.1, -0.05) is 272 Å². The summed E-state index contributed by atoms with van der Waals surface area (Å²) >= 11 is 0. The fourth-order valence-electron chi connectivity index (χ4n) is 8.52. The van der Waals surface area contributed by atoms with Crippen molar-refractivity contribution in [1.29, 1.82) is 0 Å². The lowest BCUT2D eigenvalue weighted by molar-refractivity contribution is -0.167. The predicted molar refractivity (Wildman–Crippen MR) is 266 cm³/mol. The highest BCUT2D eigenvalue weighted by Gasteiger charge is 2.19. The highest BCUT2D eigenvalue weighted by atomic mass is 16.6. The molecular weight excluding hydrogens is 769 g/mol. The molecule has 0 aliphatic heterocycles. The van der Waals surface area contributed by atoms with Crippen molar-refractivity contribution in [3.8, 4) is 0 Å². The van der Waals surface area contributed by atoms with Crippen LogP contribution in [0.3, 0.4) is 0 Å². The molecule has 0 aliphatic rings. The average Bonchev–Trinajstić information content (AvgIpc) is 3.24. The Hall–Kier alpha value is -1.59. The summed E-state index contributed by atoms with van der Waals surface area (Å²) in [7, 11) is 0. The first-order chi connectivity index (χ1) is 30.2. The summed E-state index contributed by atoms with van der Waals surface area (Å²) in [6.07, 6.45) is 51.0. The van der Waals surface area contributed by atoms with Gasteiger partial charge in [0.05, 0.1) is 0 Å². The predicted octanol–water partition coefficient (Wildman–Crippen LogP) is 18.1. The standard InChI is InChI=1S/C56H108O6/c1-6-7-8-9-10-11-12-13-14-15-20-23-26-33-38-43-48-56(59)62-53(50-61-55(58)47-42-37-32-28-27-30-35-40-45-52(4)5)49-60-54(57)46-41-36-31-25-22-19-17-16-18-21-24-29-34-39-44-51(2)3/h51-53H,6-50H2,1-5H3/t53-/m1/s1. The van der Waals surface area contributed by atoms with Gasteiger partial charge in [-0.05, 0) is 31.1 Å². The van der Waals surface area contributed by atoms with Gasteiger partial charge in [-0.3, -0.25) is 14.4 Å². The summed E-state index contributed by atoms with van der Waals surface area (Å²) in [6.45, 7) is 11.4. The molecule has 0 rings (SSSR count). The van der Waals surface area contributed by atoms with Crippen molar-refractivity contribution in [3.05, 3.63) is 0 Å². The maximum atomic E-state index is 12.8. The first-order valence-electron chi connectivity index (χ1n) is 27.7. The Kier molecular flexibility index (Phi) is 47.6. The minimum atomic E-state index is -0.762. The van der Waals surface area contributed by atoms with E-state index >= 15 is 0 Å². The largest absolute Gasteiger partial charge is 0.462 e. The Morgan fingerprint density at radius 3 is 0.790 bits per heavy atom. The number of hydrogen-bond acceptors (Lipinski definition) is 6. The van der Waals surface area contributed by atoms with Gasteiger partial charge in [0.15, 0.2) is 6.10 Å². The van der Waals surface area contributed by atoms with Gasteiger partial charge in [0.25, 0.3) is 0 Å². The number of ether oxygens (including phenoxy) is 3. The van der Waals surface area contributed by atoms with Crippen LogP contribution in [0.1, 0.15) is 311 Å². The van der Waals surface area contributed by atoms with E-state index in [1.165, 1.54) is 199 Å². The fraction of sp³-hybridized carbons (Fsp3) is 0.946. The first-order valence-corrected chi connectivity index (χ1v) is 27.7. The smallest absolute Gasteiger partial charge is 0.306 e. The van der Waals surface area contributed by atoms with Gasteiger partial charge >= 0.3 is 17.9 Å². The minimum Gasteiger partial charge on any atom is -0.462 e. The van der Waals surface area contributed by atoms with Crippen molar-refractivity contribution in [2.24, 2.45) is 11.8 Å². The van der Waals surface area contributed by atoms with Gasteiger partial charge in [0, 0.05) is 19.3 Å². The van der Waals surface area contributed by atoms with E-state index in [9.17, 15) is 14.4 Å². The fourth-order valence-corrected chi connectivity index (χ4v) is 8.52. The molecule has 0 aromatic carbocycles. The van der Waals surface area contributed by atoms with Gasteiger partial charge in [-0.25, -0.2) is 0 Å². The van der Waals surface area contributed by atoms with Crippen LogP contribution in [0, 0.1) is 11.8 Å². The maximum absolute atomic E-state index is 12.8. The molecule has 0 radical (unpaired) electrons. The molecule has 0 bridgehead atoms. The highest BCUT2D eigenvalue weighted by Crippen LogP contribution is 2.18. The summed E-state index contributed by atoms with van der Waals surface area (Å²) in [5, 5.41) is 0. The zero-order valence-corrected chi connectivity index (χ0v) is 42.5. The summed E-state index contributed by atoms with van der Waals surface area (Å²) in [5.41, 5.74) is 0. The number of hydrogen-bond donors (Lipinski definition) is 0. The lowest BCUT2D eigenvalue weighted by atomic mass is 10.0. The first kappa shape index (κ1) is 60.4. The molecule has 62 heavy (non-hydrogen) atoms. The molecule has 0 saturated carbocycles. The van der Waals surface area contributed by atoms with E-state index in [1.807, 2.05) is 0 Å². The molecule has 6 nitrogen and oxygen atoms in total. The summed E-state index contributed by atoms with van der Waals surface area (Å²) in [5.74, 6) is 0.797. The zero-order valence-electron chi connectivity index (χ0n) is 42.5. The van der Waals surface area contributed by atoms with E-state index in [0.717, 1.165) is 69.6 Å². The Balaban J connectivity index is 4.28. The van der Waals surface area contributed by atoms with E-state index in [4.69, 9.17) is 14.2 Å². The van der Waals surface area contributed by atoms with Crippen molar-refractivity contribution in [1.82, 2.24) is 0 Å². The molecule has 0 saturated heterocycles. The molecule has 0 spiro atoms. The number of unbranched alkanes of at least 4 members (excludes halogenated alkanes) is 35. The Morgan fingerprint density at radius 2 is 0.532 bits per heavy atom. The summed E-state index contributed by atoms with van der Waals surface area (Å²) in [4.78, 5) is 38.0. The number of esters is 3. The van der Waals surface area contributed by atoms with Crippen LogP contribution in [0.25, 0.3) is 0 Å². The quantitative estimate of drug-likeness (QED) is 0.0344. The van der Waals surface area contributed by atoms with E-state index in [2.05, 4.69) is 34.6 Å². The van der Waals surface area contributed by atoms with Crippen LogP contribution in [-0.4, -0.2) is 37.2 Å². The minimum absolute atomic E-state index is 0.0634. The van der Waals surface area contributed by atoms with Crippen LogP contribution < -0.4 is 0 Å². The molecule has 0 aromatic heterocycles. The van der Waals surface area contributed by atoms with Crippen LogP contribution in [0.15, 0.2) is 0 Å². The molecule has 0 aromatic rings. The van der Waals surface area contributed by atoms with Crippen molar-refractivity contribution < 1.29 is 28.6 Å². The van der Waals surface area contributed by atoms with Crippen molar-refractivity contribution in [2.75, 3.05) is 13.2 Å². The molecule has 0 aliphatic carbocycles. The molecule has 0 heterocycles. The second kappa shape index (κ2) is 48.9. The highest BCUT2D eigenvalue weighted by molar-refractivity contribution is 5.71. The Morgan fingerprint density at radius 1 is 0.306 bits per heavy atom. The number of rotatable bonds is 50. The second-order valence-corrected chi connectivity index (χ2v) is 20.2. The molecule has 1 atom stereocenters. The van der Waals surface area contributed by atoms with E-state index in [-0.39, 0.29) is 31.1 Å². The normalized spacial score (nSPS) is 12.0. The third-order valence-corrected chi connectivity index (χ3v) is 12.7. The van der Waals surface area contributed by atoms with Crippen LogP contribution in [0.2, 0.25) is 0 Å².